The van der Waals surface area contributed by atoms with Gasteiger partial charge in [-0.05, 0) is 31.5 Å². The maximum absolute atomic E-state index is 12.6. The Bertz CT molecular complexity index is 827. The number of hydrogen-bond acceptors (Lipinski definition) is 4. The number of nitrogens with one attached hydrogen (secondary N) is 1. The lowest BCUT2D eigenvalue weighted by Crippen LogP contribution is -2.45. The summed E-state index contributed by atoms with van der Waals surface area (Å²) in [4.78, 5) is 32.2. The molecular weight excluding hydrogens is 313 g/mol. The highest BCUT2D eigenvalue weighted by atomic mass is 19.4. The molecule has 0 saturated carbocycles. The van der Waals surface area contributed by atoms with E-state index in [1.807, 2.05) is 0 Å². The average Bonchev–Trinajstić information content (AvgIpc) is 2.88. The minimum atomic E-state index is -4.30. The molecule has 0 aliphatic carbocycles. The standard InChI is InChI=1S/C14H15F3N4O2/c15-14(16,17)8-20-6-2-3-9(20)7-21-12(22)11-10(19-13(21)23)4-1-5-18-11/h1,4-5,9H,2-3,6-8H2,(H,19,23). The summed E-state index contributed by atoms with van der Waals surface area (Å²) in [6, 6.07) is 2.65. The van der Waals surface area contributed by atoms with Gasteiger partial charge in [0, 0.05) is 18.8 Å². The van der Waals surface area contributed by atoms with E-state index in [9.17, 15) is 22.8 Å². The summed E-state index contributed by atoms with van der Waals surface area (Å²) >= 11 is 0. The van der Waals surface area contributed by atoms with Crippen LogP contribution in [0.25, 0.3) is 11.0 Å². The van der Waals surface area contributed by atoms with Gasteiger partial charge in [0.25, 0.3) is 5.56 Å². The van der Waals surface area contributed by atoms with Crippen molar-refractivity contribution in [3.05, 3.63) is 39.2 Å². The van der Waals surface area contributed by atoms with Crippen LogP contribution in [-0.4, -0.2) is 44.7 Å². The molecule has 0 spiro atoms. The first kappa shape index (κ1) is 15.7. The number of nitrogens with zero attached hydrogens (tertiary/aromatic N) is 3. The minimum Gasteiger partial charge on any atom is -0.305 e. The van der Waals surface area contributed by atoms with E-state index in [1.165, 1.54) is 11.1 Å². The second kappa shape index (κ2) is 5.80. The van der Waals surface area contributed by atoms with Gasteiger partial charge in [-0.25, -0.2) is 9.78 Å². The number of aromatic nitrogens is 3. The molecule has 1 aliphatic heterocycles. The van der Waals surface area contributed by atoms with Crippen molar-refractivity contribution in [2.24, 2.45) is 0 Å². The van der Waals surface area contributed by atoms with Gasteiger partial charge in [0.15, 0.2) is 5.52 Å². The van der Waals surface area contributed by atoms with Gasteiger partial charge in [0.05, 0.1) is 12.1 Å². The Morgan fingerprint density at radius 2 is 2.13 bits per heavy atom. The predicted molar refractivity (Wildman–Crippen MR) is 77.3 cm³/mol. The summed E-state index contributed by atoms with van der Waals surface area (Å²) in [5, 5.41) is 0. The molecule has 3 heterocycles. The van der Waals surface area contributed by atoms with E-state index in [0.717, 1.165) is 4.57 Å². The Labute approximate surface area is 128 Å². The molecule has 0 bridgehead atoms. The molecule has 1 unspecified atom stereocenters. The molecule has 1 saturated heterocycles. The van der Waals surface area contributed by atoms with E-state index in [0.29, 0.717) is 24.9 Å². The van der Waals surface area contributed by atoms with Crippen molar-refractivity contribution in [3.8, 4) is 0 Å². The van der Waals surface area contributed by atoms with E-state index < -0.39 is 30.0 Å². The van der Waals surface area contributed by atoms with Gasteiger partial charge < -0.3 is 4.98 Å². The summed E-state index contributed by atoms with van der Waals surface area (Å²) in [7, 11) is 0. The van der Waals surface area contributed by atoms with E-state index in [2.05, 4.69) is 9.97 Å². The number of alkyl halides is 3. The van der Waals surface area contributed by atoms with Crippen LogP contribution in [0.3, 0.4) is 0 Å². The molecule has 1 atom stereocenters. The fraction of sp³-hybridized carbons (Fsp3) is 0.500. The fourth-order valence-electron chi connectivity index (χ4n) is 3.00. The Hall–Kier alpha value is -2.16. The zero-order chi connectivity index (χ0) is 16.6. The maximum Gasteiger partial charge on any atom is 0.401 e. The molecule has 9 heteroatoms. The summed E-state index contributed by atoms with van der Waals surface area (Å²) in [5.41, 5.74) is -0.789. The maximum atomic E-state index is 12.6. The van der Waals surface area contributed by atoms with Crippen LogP contribution >= 0.6 is 0 Å². The van der Waals surface area contributed by atoms with E-state index in [4.69, 9.17) is 0 Å². The van der Waals surface area contributed by atoms with E-state index in [1.54, 1.807) is 12.1 Å². The molecule has 0 radical (unpaired) electrons. The first-order valence-electron chi connectivity index (χ1n) is 7.24. The highest BCUT2D eigenvalue weighted by Gasteiger charge is 2.36. The predicted octanol–water partition coefficient (Wildman–Crippen LogP) is 1.11. The smallest absolute Gasteiger partial charge is 0.305 e. The van der Waals surface area contributed by atoms with Crippen LogP contribution in [0.15, 0.2) is 27.9 Å². The van der Waals surface area contributed by atoms with Crippen molar-refractivity contribution in [2.45, 2.75) is 31.6 Å². The van der Waals surface area contributed by atoms with Gasteiger partial charge in [-0.2, -0.15) is 13.2 Å². The molecule has 1 fully saturated rings. The second-order valence-electron chi connectivity index (χ2n) is 5.63. The SMILES string of the molecule is O=c1[nH]c2cccnc2c(=O)n1CC1CCCN1CC(F)(F)F. The third-order valence-electron chi connectivity index (χ3n) is 4.02. The first-order valence-corrected chi connectivity index (χ1v) is 7.24. The monoisotopic (exact) mass is 328 g/mol. The Kier molecular flexibility index (Phi) is 3.97. The first-order chi connectivity index (χ1) is 10.8. The quantitative estimate of drug-likeness (QED) is 0.916. The van der Waals surface area contributed by atoms with E-state index >= 15 is 0 Å². The number of fused-ring (bicyclic) bond motifs is 1. The lowest BCUT2D eigenvalue weighted by atomic mass is 10.2. The van der Waals surface area contributed by atoms with Crippen LogP contribution in [0.4, 0.5) is 13.2 Å². The van der Waals surface area contributed by atoms with Crippen LogP contribution in [0.2, 0.25) is 0 Å². The van der Waals surface area contributed by atoms with Gasteiger partial charge in [0.1, 0.15) is 0 Å². The van der Waals surface area contributed by atoms with Crippen LogP contribution in [0, 0.1) is 0 Å². The molecule has 3 rings (SSSR count). The lowest BCUT2D eigenvalue weighted by molar-refractivity contribution is -0.148. The van der Waals surface area contributed by atoms with Gasteiger partial charge >= 0.3 is 11.9 Å². The Morgan fingerprint density at radius 1 is 1.35 bits per heavy atom. The number of pyridine rings is 1. The van der Waals surface area contributed by atoms with Gasteiger partial charge in [-0.1, -0.05) is 0 Å². The lowest BCUT2D eigenvalue weighted by Gasteiger charge is -2.25. The summed E-state index contributed by atoms with van der Waals surface area (Å²) in [5.74, 6) is 0. The molecule has 6 nitrogen and oxygen atoms in total. The van der Waals surface area contributed by atoms with Crippen LogP contribution < -0.4 is 11.2 Å². The zero-order valence-corrected chi connectivity index (χ0v) is 12.1. The molecule has 1 aliphatic rings. The van der Waals surface area contributed by atoms with Crippen LogP contribution in [0.5, 0.6) is 0 Å². The molecule has 2 aromatic heterocycles. The Morgan fingerprint density at radius 3 is 2.87 bits per heavy atom. The number of likely N-dealkylation sites (tertiary alicyclic amines) is 1. The van der Waals surface area contributed by atoms with Crippen molar-refractivity contribution in [2.75, 3.05) is 13.1 Å². The minimum absolute atomic E-state index is 0.0727. The molecule has 0 amide bonds. The number of halogens is 3. The summed E-state index contributed by atoms with van der Waals surface area (Å²) < 4.78 is 38.7. The normalized spacial score (nSPS) is 19.5. The number of aromatic amines is 1. The molecule has 124 valence electrons. The van der Waals surface area contributed by atoms with Crippen molar-refractivity contribution < 1.29 is 13.2 Å². The van der Waals surface area contributed by atoms with Crippen molar-refractivity contribution in [1.29, 1.82) is 0 Å². The van der Waals surface area contributed by atoms with Gasteiger partial charge in [-0.15, -0.1) is 0 Å². The van der Waals surface area contributed by atoms with Gasteiger partial charge in [0.2, 0.25) is 0 Å². The van der Waals surface area contributed by atoms with E-state index in [-0.39, 0.29) is 12.1 Å². The molecule has 2 aromatic rings. The summed E-state index contributed by atoms with van der Waals surface area (Å²) in [6.07, 6.45) is -1.75. The molecule has 23 heavy (non-hydrogen) atoms. The highest BCUT2D eigenvalue weighted by Crippen LogP contribution is 2.24. The Balaban J connectivity index is 1.92. The number of H-pyrrole nitrogens is 1. The highest BCUT2D eigenvalue weighted by molar-refractivity contribution is 5.71. The van der Waals surface area contributed by atoms with Gasteiger partial charge in [-0.3, -0.25) is 14.3 Å². The topological polar surface area (TPSA) is 71.0 Å². The van der Waals surface area contributed by atoms with Crippen molar-refractivity contribution in [3.63, 3.8) is 0 Å². The van der Waals surface area contributed by atoms with Crippen LogP contribution in [0.1, 0.15) is 12.8 Å². The molecular formula is C14H15F3N4O2. The number of rotatable bonds is 3. The molecule has 0 aromatic carbocycles. The average molecular weight is 328 g/mol. The third-order valence-corrected chi connectivity index (χ3v) is 4.02. The third kappa shape index (κ3) is 3.29. The van der Waals surface area contributed by atoms with Crippen molar-refractivity contribution in [1.82, 2.24) is 19.4 Å². The zero-order valence-electron chi connectivity index (χ0n) is 12.1. The fourth-order valence-corrected chi connectivity index (χ4v) is 3.00. The second-order valence-corrected chi connectivity index (χ2v) is 5.63. The number of hydrogen-bond donors (Lipinski definition) is 1. The molecule has 1 N–H and O–H groups in total. The van der Waals surface area contributed by atoms with Crippen LogP contribution in [-0.2, 0) is 6.54 Å². The summed E-state index contributed by atoms with van der Waals surface area (Å²) in [6.45, 7) is -0.796. The van der Waals surface area contributed by atoms with Crippen molar-refractivity contribution >= 4 is 11.0 Å². The largest absolute Gasteiger partial charge is 0.401 e.